The Bertz CT molecular complexity index is 701. The minimum atomic E-state index is -0.571. The van der Waals surface area contributed by atoms with Crippen LogP contribution in [0, 0.1) is 10.1 Å². The van der Waals surface area contributed by atoms with E-state index in [9.17, 15) is 14.9 Å². The second-order valence-electron chi connectivity index (χ2n) is 4.47. The zero-order valence-electron chi connectivity index (χ0n) is 11.3. The van der Waals surface area contributed by atoms with Gasteiger partial charge in [0.1, 0.15) is 5.75 Å². The van der Waals surface area contributed by atoms with Crippen LogP contribution >= 0.6 is 23.2 Å². The first kappa shape index (κ1) is 16.3. The van der Waals surface area contributed by atoms with Crippen LogP contribution in [0.4, 0.5) is 5.69 Å². The number of nitro groups is 1. The lowest BCUT2D eigenvalue weighted by atomic mass is 10.1. The van der Waals surface area contributed by atoms with Crippen molar-refractivity contribution in [1.82, 2.24) is 0 Å². The van der Waals surface area contributed by atoms with Gasteiger partial charge in [-0.2, -0.15) is 0 Å². The Kier molecular flexibility index (Phi) is 5.35. The molecule has 0 heterocycles. The van der Waals surface area contributed by atoms with Gasteiger partial charge in [0.15, 0.2) is 0 Å². The van der Waals surface area contributed by atoms with Crippen molar-refractivity contribution >= 4 is 34.9 Å². The molecule has 2 rings (SSSR count). The maximum atomic E-state index is 11.8. The Hall–Kier alpha value is -2.11. The summed E-state index contributed by atoms with van der Waals surface area (Å²) in [6, 6.07) is 10.8. The lowest BCUT2D eigenvalue weighted by Crippen LogP contribution is -2.09. The predicted octanol–water partition coefficient (Wildman–Crippen LogP) is 4.44. The number of hydrogen-bond acceptors (Lipinski definition) is 4. The highest BCUT2D eigenvalue weighted by Crippen LogP contribution is 2.29. The number of hydrogen-bond donors (Lipinski definition) is 0. The number of rotatable bonds is 5. The van der Waals surface area contributed by atoms with Gasteiger partial charge >= 0.3 is 5.97 Å². The third kappa shape index (κ3) is 4.44. The van der Waals surface area contributed by atoms with E-state index in [-0.39, 0.29) is 22.9 Å². The Morgan fingerprint density at radius 3 is 2.41 bits per heavy atom. The fourth-order valence-electron chi connectivity index (χ4n) is 1.76. The highest BCUT2D eigenvalue weighted by atomic mass is 35.5. The topological polar surface area (TPSA) is 69.4 Å². The van der Waals surface area contributed by atoms with Gasteiger partial charge in [-0.25, -0.2) is 0 Å². The van der Waals surface area contributed by atoms with Crippen LogP contribution in [-0.2, 0) is 11.2 Å². The van der Waals surface area contributed by atoms with Crippen molar-refractivity contribution in [1.29, 1.82) is 0 Å². The molecule has 0 bridgehead atoms. The predicted molar refractivity (Wildman–Crippen MR) is 83.5 cm³/mol. The number of ether oxygens (including phenoxy) is 1. The standard InChI is InChI=1S/C15H11Cl2NO4/c16-11-4-1-10(2-5-11)3-8-15(19)22-14-7-6-12(18(20)21)9-13(14)17/h1-2,4-7,9H,3,8H2. The first-order valence-electron chi connectivity index (χ1n) is 6.35. The normalized spacial score (nSPS) is 10.3. The average molecular weight is 340 g/mol. The molecular weight excluding hydrogens is 329 g/mol. The first-order chi connectivity index (χ1) is 10.5. The van der Waals surface area contributed by atoms with Gasteiger partial charge in [0.05, 0.1) is 9.95 Å². The number of nitrogens with zero attached hydrogens (tertiary/aromatic N) is 1. The van der Waals surface area contributed by atoms with Gasteiger partial charge in [-0.05, 0) is 30.2 Å². The number of nitro benzene ring substituents is 1. The maximum absolute atomic E-state index is 11.8. The molecule has 0 saturated carbocycles. The second kappa shape index (κ2) is 7.24. The van der Waals surface area contributed by atoms with E-state index in [2.05, 4.69) is 0 Å². The molecule has 114 valence electrons. The van der Waals surface area contributed by atoms with Crippen LogP contribution in [0.3, 0.4) is 0 Å². The van der Waals surface area contributed by atoms with Crippen molar-refractivity contribution in [3.05, 3.63) is 68.2 Å². The smallest absolute Gasteiger partial charge is 0.311 e. The molecule has 0 aliphatic rings. The van der Waals surface area contributed by atoms with Crippen LogP contribution < -0.4 is 4.74 Å². The summed E-state index contributed by atoms with van der Waals surface area (Å²) in [4.78, 5) is 21.8. The number of halogens is 2. The number of esters is 1. The summed E-state index contributed by atoms with van der Waals surface area (Å²) in [7, 11) is 0. The van der Waals surface area contributed by atoms with Crippen LogP contribution in [0.1, 0.15) is 12.0 Å². The molecule has 0 aromatic heterocycles. The zero-order valence-corrected chi connectivity index (χ0v) is 12.8. The van der Waals surface area contributed by atoms with E-state index in [1.54, 1.807) is 12.1 Å². The molecule has 0 N–H and O–H groups in total. The molecule has 0 amide bonds. The first-order valence-corrected chi connectivity index (χ1v) is 7.10. The molecule has 2 aromatic rings. The summed E-state index contributed by atoms with van der Waals surface area (Å²) < 4.78 is 5.11. The molecule has 5 nitrogen and oxygen atoms in total. The van der Waals surface area contributed by atoms with E-state index >= 15 is 0 Å². The monoisotopic (exact) mass is 339 g/mol. The van der Waals surface area contributed by atoms with Gasteiger partial charge in [0.2, 0.25) is 0 Å². The highest BCUT2D eigenvalue weighted by molar-refractivity contribution is 6.32. The van der Waals surface area contributed by atoms with Gasteiger partial charge in [0, 0.05) is 23.6 Å². The molecule has 0 aliphatic carbocycles. The minimum Gasteiger partial charge on any atom is -0.425 e. The molecule has 2 aromatic carbocycles. The molecule has 0 unspecified atom stereocenters. The largest absolute Gasteiger partial charge is 0.425 e. The van der Waals surface area contributed by atoms with Crippen LogP contribution in [0.5, 0.6) is 5.75 Å². The van der Waals surface area contributed by atoms with E-state index in [0.29, 0.717) is 11.4 Å². The lowest BCUT2D eigenvalue weighted by molar-refractivity contribution is -0.384. The molecular formula is C15H11Cl2NO4. The van der Waals surface area contributed by atoms with Crippen molar-refractivity contribution in [2.24, 2.45) is 0 Å². The molecule has 0 atom stereocenters. The Labute approximate surface area is 136 Å². The van der Waals surface area contributed by atoms with E-state index in [4.69, 9.17) is 27.9 Å². The number of benzene rings is 2. The van der Waals surface area contributed by atoms with Crippen molar-refractivity contribution in [3.8, 4) is 5.75 Å². The Balaban J connectivity index is 1.94. The quantitative estimate of drug-likeness (QED) is 0.349. The summed E-state index contributed by atoms with van der Waals surface area (Å²) >= 11 is 11.6. The van der Waals surface area contributed by atoms with Crippen LogP contribution in [-0.4, -0.2) is 10.9 Å². The average Bonchev–Trinajstić information content (AvgIpc) is 2.48. The van der Waals surface area contributed by atoms with Crippen molar-refractivity contribution < 1.29 is 14.5 Å². The highest BCUT2D eigenvalue weighted by Gasteiger charge is 2.13. The third-order valence-corrected chi connectivity index (χ3v) is 3.43. The number of carbonyl (C=O) groups excluding carboxylic acids is 1. The van der Waals surface area contributed by atoms with Crippen LogP contribution in [0.15, 0.2) is 42.5 Å². The summed E-state index contributed by atoms with van der Waals surface area (Å²) in [6.07, 6.45) is 0.662. The Morgan fingerprint density at radius 2 is 1.82 bits per heavy atom. The summed E-state index contributed by atoms with van der Waals surface area (Å²) in [5.41, 5.74) is 0.794. The lowest BCUT2D eigenvalue weighted by Gasteiger charge is -2.06. The van der Waals surface area contributed by atoms with Crippen molar-refractivity contribution in [2.45, 2.75) is 12.8 Å². The number of aryl methyl sites for hydroxylation is 1. The van der Waals surface area contributed by atoms with Gasteiger partial charge in [-0.1, -0.05) is 35.3 Å². The molecule has 0 radical (unpaired) electrons. The van der Waals surface area contributed by atoms with Crippen molar-refractivity contribution in [2.75, 3.05) is 0 Å². The van der Waals surface area contributed by atoms with Gasteiger partial charge < -0.3 is 4.74 Å². The summed E-state index contributed by atoms with van der Waals surface area (Å²) in [6.45, 7) is 0. The minimum absolute atomic E-state index is 0.0223. The third-order valence-electron chi connectivity index (χ3n) is 2.88. The maximum Gasteiger partial charge on any atom is 0.311 e. The van der Waals surface area contributed by atoms with E-state index in [1.807, 2.05) is 12.1 Å². The summed E-state index contributed by atoms with van der Waals surface area (Å²) in [5, 5.41) is 11.3. The van der Waals surface area contributed by atoms with Gasteiger partial charge in [0.25, 0.3) is 5.69 Å². The Morgan fingerprint density at radius 1 is 1.14 bits per heavy atom. The number of non-ortho nitro benzene ring substituents is 1. The van der Waals surface area contributed by atoms with E-state index < -0.39 is 10.9 Å². The van der Waals surface area contributed by atoms with Crippen LogP contribution in [0.2, 0.25) is 10.0 Å². The van der Waals surface area contributed by atoms with Gasteiger partial charge in [-0.3, -0.25) is 14.9 Å². The molecule has 7 heteroatoms. The molecule has 0 aliphatic heterocycles. The molecule has 0 fully saturated rings. The molecule has 22 heavy (non-hydrogen) atoms. The molecule has 0 spiro atoms. The SMILES string of the molecule is O=C(CCc1ccc(Cl)cc1)Oc1ccc([N+](=O)[O-])cc1Cl. The second-order valence-corrected chi connectivity index (χ2v) is 5.32. The summed E-state index contributed by atoms with van der Waals surface area (Å²) in [5.74, 6) is -0.362. The number of carbonyl (C=O) groups is 1. The van der Waals surface area contributed by atoms with Crippen molar-refractivity contribution in [3.63, 3.8) is 0 Å². The zero-order chi connectivity index (χ0) is 16.1. The van der Waals surface area contributed by atoms with Crippen LogP contribution in [0.25, 0.3) is 0 Å². The van der Waals surface area contributed by atoms with Gasteiger partial charge in [-0.15, -0.1) is 0 Å². The fraction of sp³-hybridized carbons (Fsp3) is 0.133. The molecule has 0 saturated heterocycles. The fourth-order valence-corrected chi connectivity index (χ4v) is 2.10. The van der Waals surface area contributed by atoms with E-state index in [0.717, 1.165) is 11.6 Å². The van der Waals surface area contributed by atoms with E-state index in [1.165, 1.54) is 12.1 Å².